The van der Waals surface area contributed by atoms with Crippen LogP contribution in [0, 0.1) is 11.3 Å². The minimum absolute atomic E-state index is 0.442. The number of nitrogens with one attached hydrogen (secondary N) is 1. The van der Waals surface area contributed by atoms with Gasteiger partial charge < -0.3 is 9.72 Å². The van der Waals surface area contributed by atoms with Crippen LogP contribution >= 0.6 is 11.6 Å². The Morgan fingerprint density at radius 1 is 1.32 bits per heavy atom. The Labute approximate surface area is 132 Å². The van der Waals surface area contributed by atoms with E-state index in [0.29, 0.717) is 22.2 Å². The van der Waals surface area contributed by atoms with Gasteiger partial charge in [-0.15, -0.1) is 0 Å². The van der Waals surface area contributed by atoms with E-state index in [-0.39, 0.29) is 0 Å². The zero-order valence-corrected chi connectivity index (χ0v) is 12.6. The molecule has 3 rings (SSSR count). The van der Waals surface area contributed by atoms with Crippen molar-refractivity contribution in [3.63, 3.8) is 0 Å². The summed E-state index contributed by atoms with van der Waals surface area (Å²) in [6.45, 7) is 0. The fourth-order valence-corrected chi connectivity index (χ4v) is 2.44. The molecule has 0 saturated heterocycles. The molecule has 1 heterocycles. The van der Waals surface area contributed by atoms with Crippen molar-refractivity contribution in [2.45, 2.75) is 0 Å². The van der Waals surface area contributed by atoms with Crippen molar-refractivity contribution >= 4 is 34.3 Å². The van der Waals surface area contributed by atoms with E-state index in [2.05, 4.69) is 16.0 Å². The number of para-hydroxylation sites is 2. The fraction of sp³-hybridized carbons (Fsp3) is 0.0588. The van der Waals surface area contributed by atoms with Gasteiger partial charge in [0, 0.05) is 0 Å². The molecule has 1 aromatic heterocycles. The standard InChI is InChI=1S/C17H12ClN3O/c1-22-16-7-6-11(9-13(16)18)8-12(10-19)17-20-14-4-2-3-5-15(14)21-17/h2-9H,1H3,(H,20,21). The number of H-pyrrole nitrogens is 1. The number of halogens is 1. The second-order valence-electron chi connectivity index (χ2n) is 4.67. The summed E-state index contributed by atoms with van der Waals surface area (Å²) < 4.78 is 5.12. The average molecular weight is 310 g/mol. The maximum atomic E-state index is 9.40. The molecule has 0 amide bonds. The van der Waals surface area contributed by atoms with Gasteiger partial charge in [-0.05, 0) is 35.9 Å². The molecule has 0 aliphatic carbocycles. The van der Waals surface area contributed by atoms with Gasteiger partial charge in [0.25, 0.3) is 0 Å². The lowest BCUT2D eigenvalue weighted by molar-refractivity contribution is 0.415. The summed E-state index contributed by atoms with van der Waals surface area (Å²) in [7, 11) is 1.56. The van der Waals surface area contributed by atoms with Crippen molar-refractivity contribution < 1.29 is 4.74 Å². The summed E-state index contributed by atoms with van der Waals surface area (Å²) in [5, 5.41) is 9.90. The highest BCUT2D eigenvalue weighted by Crippen LogP contribution is 2.27. The van der Waals surface area contributed by atoms with E-state index in [0.717, 1.165) is 16.6 Å². The topological polar surface area (TPSA) is 61.7 Å². The first-order valence-electron chi connectivity index (χ1n) is 6.61. The summed E-state index contributed by atoms with van der Waals surface area (Å²) >= 11 is 6.11. The first-order valence-corrected chi connectivity index (χ1v) is 6.99. The van der Waals surface area contributed by atoms with E-state index in [1.165, 1.54) is 0 Å². The van der Waals surface area contributed by atoms with Gasteiger partial charge in [-0.3, -0.25) is 0 Å². The van der Waals surface area contributed by atoms with Crippen LogP contribution in [0.1, 0.15) is 11.4 Å². The number of hydrogen-bond donors (Lipinski definition) is 1. The zero-order chi connectivity index (χ0) is 15.5. The summed E-state index contributed by atoms with van der Waals surface area (Å²) in [5.41, 5.74) is 2.97. The Balaban J connectivity index is 2.03. The number of nitriles is 1. The molecular weight excluding hydrogens is 298 g/mol. The lowest BCUT2D eigenvalue weighted by Crippen LogP contribution is -1.87. The molecule has 0 unspecified atom stereocenters. The van der Waals surface area contributed by atoms with Gasteiger partial charge in [0.1, 0.15) is 17.6 Å². The van der Waals surface area contributed by atoms with E-state index in [1.807, 2.05) is 30.3 Å². The van der Waals surface area contributed by atoms with Gasteiger partial charge in [-0.1, -0.05) is 29.8 Å². The van der Waals surface area contributed by atoms with Gasteiger partial charge in [-0.2, -0.15) is 5.26 Å². The van der Waals surface area contributed by atoms with E-state index in [1.54, 1.807) is 25.3 Å². The van der Waals surface area contributed by atoms with Crippen molar-refractivity contribution in [1.29, 1.82) is 5.26 Å². The Kier molecular flexibility index (Phi) is 3.82. The number of fused-ring (bicyclic) bond motifs is 1. The van der Waals surface area contributed by atoms with Crippen LogP contribution in [-0.4, -0.2) is 17.1 Å². The third kappa shape index (κ3) is 2.67. The predicted molar refractivity (Wildman–Crippen MR) is 87.6 cm³/mol. The van der Waals surface area contributed by atoms with Crippen LogP contribution in [0.15, 0.2) is 42.5 Å². The Morgan fingerprint density at radius 3 is 2.82 bits per heavy atom. The summed E-state index contributed by atoms with van der Waals surface area (Å²) in [6.07, 6.45) is 1.74. The monoisotopic (exact) mass is 309 g/mol. The van der Waals surface area contributed by atoms with Gasteiger partial charge in [0.05, 0.1) is 28.7 Å². The lowest BCUT2D eigenvalue weighted by Gasteiger charge is -2.03. The first-order chi connectivity index (χ1) is 10.7. The molecule has 0 radical (unpaired) electrons. The number of aromatic nitrogens is 2. The minimum Gasteiger partial charge on any atom is -0.495 e. The van der Waals surface area contributed by atoms with Crippen LogP contribution in [0.3, 0.4) is 0 Å². The van der Waals surface area contributed by atoms with Crippen molar-refractivity contribution in [3.05, 3.63) is 58.9 Å². The van der Waals surface area contributed by atoms with Crippen LogP contribution in [0.5, 0.6) is 5.75 Å². The second kappa shape index (κ2) is 5.92. The molecule has 1 N–H and O–H groups in total. The van der Waals surface area contributed by atoms with E-state index >= 15 is 0 Å². The van der Waals surface area contributed by atoms with E-state index < -0.39 is 0 Å². The number of ether oxygens (including phenoxy) is 1. The molecule has 0 aliphatic heterocycles. The molecule has 0 fully saturated rings. The number of aromatic amines is 1. The Morgan fingerprint density at radius 2 is 2.14 bits per heavy atom. The first kappa shape index (κ1) is 14.2. The number of rotatable bonds is 3. The minimum atomic E-state index is 0.442. The molecule has 4 nitrogen and oxygen atoms in total. The average Bonchev–Trinajstić information content (AvgIpc) is 2.96. The predicted octanol–water partition coefficient (Wildman–Crippen LogP) is 4.29. The molecular formula is C17H12ClN3O. The number of allylic oxidation sites excluding steroid dienone is 1. The molecule has 108 valence electrons. The highest BCUT2D eigenvalue weighted by atomic mass is 35.5. The summed E-state index contributed by atoms with van der Waals surface area (Å²) in [4.78, 5) is 7.58. The Hall–Kier alpha value is -2.77. The molecule has 2 aromatic carbocycles. The number of hydrogen-bond acceptors (Lipinski definition) is 3. The zero-order valence-electron chi connectivity index (χ0n) is 11.8. The van der Waals surface area contributed by atoms with Gasteiger partial charge in [0.2, 0.25) is 0 Å². The third-order valence-electron chi connectivity index (χ3n) is 3.25. The van der Waals surface area contributed by atoms with E-state index in [9.17, 15) is 5.26 Å². The molecule has 0 saturated carbocycles. The Bertz CT molecular complexity index is 873. The van der Waals surface area contributed by atoms with Crippen LogP contribution in [0.25, 0.3) is 22.7 Å². The largest absolute Gasteiger partial charge is 0.495 e. The maximum absolute atomic E-state index is 9.40. The van der Waals surface area contributed by atoms with Crippen LogP contribution < -0.4 is 4.74 Å². The molecule has 0 aliphatic rings. The molecule has 22 heavy (non-hydrogen) atoms. The van der Waals surface area contributed by atoms with Crippen LogP contribution in [-0.2, 0) is 0 Å². The number of nitrogens with zero attached hydrogens (tertiary/aromatic N) is 2. The van der Waals surface area contributed by atoms with Crippen LogP contribution in [0.2, 0.25) is 5.02 Å². The third-order valence-corrected chi connectivity index (χ3v) is 3.55. The van der Waals surface area contributed by atoms with Gasteiger partial charge >= 0.3 is 0 Å². The molecule has 0 atom stereocenters. The number of methoxy groups -OCH3 is 1. The quantitative estimate of drug-likeness (QED) is 0.734. The molecule has 5 heteroatoms. The van der Waals surface area contributed by atoms with Gasteiger partial charge in [-0.25, -0.2) is 4.98 Å². The van der Waals surface area contributed by atoms with Gasteiger partial charge in [0.15, 0.2) is 0 Å². The van der Waals surface area contributed by atoms with Crippen molar-refractivity contribution in [1.82, 2.24) is 9.97 Å². The van der Waals surface area contributed by atoms with E-state index in [4.69, 9.17) is 16.3 Å². The molecule has 3 aromatic rings. The maximum Gasteiger partial charge on any atom is 0.149 e. The van der Waals surface area contributed by atoms with Crippen molar-refractivity contribution in [2.75, 3.05) is 7.11 Å². The number of imidazole rings is 1. The summed E-state index contributed by atoms with van der Waals surface area (Å²) in [6, 6.07) is 15.2. The normalized spacial score (nSPS) is 11.4. The SMILES string of the molecule is COc1ccc(C=C(C#N)c2nc3ccccc3[nH]2)cc1Cl. The summed E-state index contributed by atoms with van der Waals surface area (Å²) in [5.74, 6) is 1.14. The highest BCUT2D eigenvalue weighted by molar-refractivity contribution is 6.32. The molecule has 0 spiro atoms. The fourth-order valence-electron chi connectivity index (χ4n) is 2.17. The highest BCUT2D eigenvalue weighted by Gasteiger charge is 2.08. The number of benzene rings is 2. The smallest absolute Gasteiger partial charge is 0.149 e. The second-order valence-corrected chi connectivity index (χ2v) is 5.07. The lowest BCUT2D eigenvalue weighted by atomic mass is 10.1. The van der Waals surface area contributed by atoms with Crippen LogP contribution in [0.4, 0.5) is 0 Å². The molecule has 0 bridgehead atoms. The van der Waals surface area contributed by atoms with Crippen molar-refractivity contribution in [2.24, 2.45) is 0 Å². The van der Waals surface area contributed by atoms with Crippen molar-refractivity contribution in [3.8, 4) is 11.8 Å².